The van der Waals surface area contributed by atoms with Gasteiger partial charge in [0, 0.05) is 30.8 Å². The van der Waals surface area contributed by atoms with E-state index in [1.54, 1.807) is 12.3 Å². The molecule has 0 unspecified atom stereocenters. The minimum Gasteiger partial charge on any atom is -0.396 e. The lowest BCUT2D eigenvalue weighted by Gasteiger charge is -2.22. The van der Waals surface area contributed by atoms with E-state index in [0.717, 1.165) is 5.69 Å². The Morgan fingerprint density at radius 1 is 1.50 bits per heavy atom. The molecule has 0 aliphatic carbocycles. The summed E-state index contributed by atoms with van der Waals surface area (Å²) in [6.45, 7) is 4.72. The maximum atomic E-state index is 10.8. The summed E-state index contributed by atoms with van der Waals surface area (Å²) in [6, 6.07) is 3.18. The van der Waals surface area contributed by atoms with Gasteiger partial charge in [0.15, 0.2) is 0 Å². The van der Waals surface area contributed by atoms with Crippen LogP contribution in [-0.4, -0.2) is 23.2 Å². The Bertz CT molecular complexity index is 324. The van der Waals surface area contributed by atoms with Gasteiger partial charge in [0.2, 0.25) is 5.56 Å². The number of aromatic amines is 1. The fourth-order valence-corrected chi connectivity index (χ4v) is 0.918. The van der Waals surface area contributed by atoms with Crippen molar-refractivity contribution in [1.82, 2.24) is 4.98 Å². The molecule has 0 radical (unpaired) electrons. The molecule has 1 rings (SSSR count). The minimum absolute atomic E-state index is 0.114. The van der Waals surface area contributed by atoms with E-state index in [9.17, 15) is 4.79 Å². The topological polar surface area (TPSA) is 65.1 Å². The molecule has 4 nitrogen and oxygen atoms in total. The first-order valence-corrected chi connectivity index (χ1v) is 4.57. The van der Waals surface area contributed by atoms with Crippen molar-refractivity contribution in [3.63, 3.8) is 0 Å². The number of hydrogen-bond donors (Lipinski definition) is 3. The zero-order valence-electron chi connectivity index (χ0n) is 8.50. The molecule has 0 fully saturated rings. The highest BCUT2D eigenvalue weighted by Crippen LogP contribution is 2.14. The van der Waals surface area contributed by atoms with Gasteiger partial charge in [0.05, 0.1) is 5.69 Å². The van der Waals surface area contributed by atoms with Crippen molar-refractivity contribution < 1.29 is 5.11 Å². The van der Waals surface area contributed by atoms with Crippen LogP contribution in [-0.2, 0) is 0 Å². The Balaban J connectivity index is 2.54. The lowest BCUT2D eigenvalue weighted by Crippen LogP contribution is -2.26. The van der Waals surface area contributed by atoms with E-state index < -0.39 is 0 Å². The Hall–Kier alpha value is -1.29. The number of nitrogens with one attached hydrogen (secondary N) is 2. The number of pyridine rings is 1. The highest BCUT2D eigenvalue weighted by atomic mass is 16.3. The van der Waals surface area contributed by atoms with Crippen molar-refractivity contribution in [2.75, 3.05) is 18.5 Å². The molecule has 0 bridgehead atoms. The predicted molar refractivity (Wildman–Crippen MR) is 56.4 cm³/mol. The predicted octanol–water partition coefficient (Wildman–Crippen LogP) is 0.805. The lowest BCUT2D eigenvalue weighted by atomic mass is 9.95. The average molecular weight is 196 g/mol. The highest BCUT2D eigenvalue weighted by molar-refractivity contribution is 5.39. The molecule has 0 aliphatic rings. The first-order valence-electron chi connectivity index (χ1n) is 4.57. The molecule has 0 spiro atoms. The molecule has 0 aromatic carbocycles. The third-order valence-electron chi connectivity index (χ3n) is 1.98. The summed E-state index contributed by atoms with van der Waals surface area (Å²) >= 11 is 0. The van der Waals surface area contributed by atoms with Crippen LogP contribution < -0.4 is 10.9 Å². The molecule has 0 aliphatic heterocycles. The quantitative estimate of drug-likeness (QED) is 0.667. The molecule has 0 saturated heterocycles. The molecule has 14 heavy (non-hydrogen) atoms. The number of anilines is 1. The van der Waals surface area contributed by atoms with Crippen LogP contribution in [0.2, 0.25) is 0 Å². The van der Waals surface area contributed by atoms with Crippen LogP contribution >= 0.6 is 0 Å². The number of H-pyrrole nitrogens is 1. The van der Waals surface area contributed by atoms with Crippen molar-refractivity contribution in [2.45, 2.75) is 13.8 Å². The van der Waals surface area contributed by atoms with Gasteiger partial charge in [-0.15, -0.1) is 0 Å². The first kappa shape index (κ1) is 10.8. The molecule has 0 saturated carbocycles. The third kappa shape index (κ3) is 3.22. The fraction of sp³-hybridized carbons (Fsp3) is 0.500. The second-order valence-electron chi connectivity index (χ2n) is 4.12. The van der Waals surface area contributed by atoms with Gasteiger partial charge in [-0.3, -0.25) is 4.79 Å². The van der Waals surface area contributed by atoms with Crippen LogP contribution in [0.3, 0.4) is 0 Å². The number of aliphatic hydroxyl groups excluding tert-OH is 1. The average Bonchev–Trinajstić information content (AvgIpc) is 2.17. The van der Waals surface area contributed by atoms with Crippen LogP contribution in [0.15, 0.2) is 23.1 Å². The Morgan fingerprint density at radius 2 is 2.21 bits per heavy atom. The standard InChI is InChI=1S/C10H16N2O2/c1-10(2,7-13)6-12-8-3-4-9(14)11-5-8/h3-5,12-13H,6-7H2,1-2H3,(H,11,14). The summed E-state index contributed by atoms with van der Waals surface area (Å²) in [7, 11) is 0. The first-order chi connectivity index (χ1) is 6.53. The molecule has 1 heterocycles. The lowest BCUT2D eigenvalue weighted by molar-refractivity contribution is 0.171. The number of rotatable bonds is 4. The molecule has 4 heteroatoms. The van der Waals surface area contributed by atoms with Crippen molar-refractivity contribution in [3.8, 4) is 0 Å². The smallest absolute Gasteiger partial charge is 0.248 e. The van der Waals surface area contributed by atoms with Crippen LogP contribution in [0.25, 0.3) is 0 Å². The Morgan fingerprint density at radius 3 is 2.71 bits per heavy atom. The number of hydrogen-bond acceptors (Lipinski definition) is 3. The summed E-state index contributed by atoms with van der Waals surface area (Å²) < 4.78 is 0. The summed E-state index contributed by atoms with van der Waals surface area (Å²) in [5.74, 6) is 0. The van der Waals surface area contributed by atoms with Crippen LogP contribution in [0.4, 0.5) is 5.69 Å². The Labute approximate surface area is 83.0 Å². The van der Waals surface area contributed by atoms with Crippen LogP contribution in [0.1, 0.15) is 13.8 Å². The van der Waals surface area contributed by atoms with E-state index in [1.807, 2.05) is 13.8 Å². The van der Waals surface area contributed by atoms with Gasteiger partial charge in [-0.25, -0.2) is 0 Å². The molecule has 0 amide bonds. The van der Waals surface area contributed by atoms with Crippen molar-refractivity contribution in [1.29, 1.82) is 0 Å². The monoisotopic (exact) mass is 196 g/mol. The molecule has 1 aromatic rings. The number of aromatic nitrogens is 1. The van der Waals surface area contributed by atoms with E-state index in [0.29, 0.717) is 6.54 Å². The van der Waals surface area contributed by atoms with E-state index in [4.69, 9.17) is 5.11 Å². The molecule has 0 atom stereocenters. The Kier molecular flexibility index (Phi) is 3.30. The van der Waals surface area contributed by atoms with Gasteiger partial charge < -0.3 is 15.4 Å². The second-order valence-corrected chi connectivity index (χ2v) is 4.12. The van der Waals surface area contributed by atoms with Crippen molar-refractivity contribution in [2.24, 2.45) is 5.41 Å². The summed E-state index contributed by atoms with van der Waals surface area (Å²) in [5, 5.41) is 12.2. The summed E-state index contributed by atoms with van der Waals surface area (Å²) in [5.41, 5.74) is 0.582. The van der Waals surface area contributed by atoms with E-state index >= 15 is 0 Å². The van der Waals surface area contributed by atoms with E-state index in [1.165, 1.54) is 6.07 Å². The van der Waals surface area contributed by atoms with E-state index in [-0.39, 0.29) is 17.6 Å². The fourth-order valence-electron chi connectivity index (χ4n) is 0.918. The maximum Gasteiger partial charge on any atom is 0.248 e. The largest absolute Gasteiger partial charge is 0.396 e. The highest BCUT2D eigenvalue weighted by Gasteiger charge is 2.15. The molecule has 3 N–H and O–H groups in total. The number of aliphatic hydroxyl groups is 1. The molecule has 78 valence electrons. The van der Waals surface area contributed by atoms with E-state index in [2.05, 4.69) is 10.3 Å². The van der Waals surface area contributed by atoms with Crippen molar-refractivity contribution in [3.05, 3.63) is 28.7 Å². The van der Waals surface area contributed by atoms with Gasteiger partial charge in [-0.2, -0.15) is 0 Å². The van der Waals surface area contributed by atoms with Gasteiger partial charge >= 0.3 is 0 Å². The van der Waals surface area contributed by atoms with Crippen molar-refractivity contribution >= 4 is 5.69 Å². The second kappa shape index (κ2) is 4.28. The van der Waals surface area contributed by atoms with Gasteiger partial charge in [0.1, 0.15) is 0 Å². The summed E-state index contributed by atoms with van der Waals surface area (Å²) in [4.78, 5) is 13.3. The zero-order chi connectivity index (χ0) is 10.6. The summed E-state index contributed by atoms with van der Waals surface area (Å²) in [6.07, 6.45) is 1.62. The minimum atomic E-state index is -0.157. The van der Waals surface area contributed by atoms with Crippen LogP contribution in [0, 0.1) is 5.41 Å². The third-order valence-corrected chi connectivity index (χ3v) is 1.98. The molecular weight excluding hydrogens is 180 g/mol. The zero-order valence-corrected chi connectivity index (χ0v) is 8.50. The maximum absolute atomic E-state index is 10.8. The van der Waals surface area contributed by atoms with Gasteiger partial charge in [0.25, 0.3) is 0 Å². The van der Waals surface area contributed by atoms with Gasteiger partial charge in [-0.05, 0) is 6.07 Å². The molecule has 1 aromatic heterocycles. The van der Waals surface area contributed by atoms with Crippen LogP contribution in [0.5, 0.6) is 0 Å². The SMILES string of the molecule is CC(C)(CO)CNc1ccc(=O)[nH]c1. The normalized spacial score (nSPS) is 11.4. The van der Waals surface area contributed by atoms with Gasteiger partial charge in [-0.1, -0.05) is 13.8 Å². The molecular formula is C10H16N2O2.